The molecule has 2 aliphatic rings. The third-order valence-electron chi connectivity index (χ3n) is 5.47. The Hall–Kier alpha value is -1.92. The number of aryl methyl sites for hydroxylation is 2. The monoisotopic (exact) mass is 376 g/mol. The highest BCUT2D eigenvalue weighted by Crippen LogP contribution is 2.63. The number of ether oxygens (including phenoxy) is 1. The van der Waals surface area contributed by atoms with Gasteiger partial charge in [0.25, 0.3) is 0 Å². The summed E-state index contributed by atoms with van der Waals surface area (Å²) in [5.74, 6) is -1.17. The highest BCUT2D eigenvalue weighted by atomic mass is 19.4. The molecule has 1 aliphatic heterocycles. The van der Waals surface area contributed by atoms with Crippen molar-refractivity contribution in [2.24, 2.45) is 5.92 Å². The standard InChI is InChI=1S/C19H18F6O/c1-9-5-13-15(7-11(9)3)26-16-8-12(4)10(2)6-14(16)17(13,18(20,21)22)19(23,24)25/h5,7-8,10H,6H2,1-4H3. The Kier molecular flexibility index (Phi) is 4.02. The lowest BCUT2D eigenvalue weighted by Crippen LogP contribution is -2.57. The van der Waals surface area contributed by atoms with Gasteiger partial charge in [-0.15, -0.1) is 0 Å². The molecule has 142 valence electrons. The minimum absolute atomic E-state index is 0.342. The molecule has 0 aromatic heterocycles. The molecule has 0 fully saturated rings. The van der Waals surface area contributed by atoms with E-state index in [2.05, 4.69) is 0 Å². The SMILES string of the molecule is CC1=CC2=C(CC1C)C(C(F)(F)F)(C(F)(F)F)c1cc(C)c(C)cc1O2. The predicted octanol–water partition coefficient (Wildman–Crippen LogP) is 6.30. The van der Waals surface area contributed by atoms with Gasteiger partial charge in [0, 0.05) is 11.1 Å². The molecule has 1 aliphatic carbocycles. The molecule has 0 amide bonds. The fourth-order valence-corrected chi connectivity index (χ4v) is 3.69. The fraction of sp³-hybridized carbons (Fsp3) is 0.474. The van der Waals surface area contributed by atoms with Crippen molar-refractivity contribution in [1.82, 2.24) is 0 Å². The van der Waals surface area contributed by atoms with Gasteiger partial charge in [0.1, 0.15) is 11.5 Å². The maximum Gasteiger partial charge on any atom is 0.411 e. The molecule has 1 aromatic carbocycles. The van der Waals surface area contributed by atoms with Gasteiger partial charge in [-0.25, -0.2) is 0 Å². The van der Waals surface area contributed by atoms with Crippen LogP contribution in [0.4, 0.5) is 26.3 Å². The Morgan fingerprint density at radius 2 is 1.50 bits per heavy atom. The number of hydrogen-bond donors (Lipinski definition) is 0. The minimum atomic E-state index is -5.55. The van der Waals surface area contributed by atoms with Crippen LogP contribution in [0, 0.1) is 19.8 Å². The summed E-state index contributed by atoms with van der Waals surface area (Å²) < 4.78 is 90.5. The Labute approximate surface area is 147 Å². The zero-order chi connectivity index (χ0) is 19.7. The van der Waals surface area contributed by atoms with E-state index in [1.165, 1.54) is 19.1 Å². The van der Waals surface area contributed by atoms with Crippen molar-refractivity contribution in [3.8, 4) is 5.75 Å². The van der Waals surface area contributed by atoms with Gasteiger partial charge in [0.05, 0.1) is 0 Å². The molecule has 1 atom stereocenters. The molecule has 0 saturated heterocycles. The van der Waals surface area contributed by atoms with Gasteiger partial charge in [-0.2, -0.15) is 26.3 Å². The van der Waals surface area contributed by atoms with E-state index in [-0.39, 0.29) is 17.9 Å². The average Bonchev–Trinajstić information content (AvgIpc) is 2.46. The van der Waals surface area contributed by atoms with E-state index in [1.54, 1.807) is 20.8 Å². The van der Waals surface area contributed by atoms with Crippen LogP contribution in [0.2, 0.25) is 0 Å². The zero-order valence-electron chi connectivity index (χ0n) is 14.7. The lowest BCUT2D eigenvalue weighted by atomic mass is 9.65. The number of benzene rings is 1. The highest BCUT2D eigenvalue weighted by Gasteiger charge is 2.75. The first-order valence-corrected chi connectivity index (χ1v) is 8.15. The van der Waals surface area contributed by atoms with E-state index in [1.807, 2.05) is 0 Å². The number of hydrogen-bond acceptors (Lipinski definition) is 1. The van der Waals surface area contributed by atoms with Gasteiger partial charge in [-0.05, 0) is 56.4 Å². The fourth-order valence-electron chi connectivity index (χ4n) is 3.69. The van der Waals surface area contributed by atoms with E-state index in [0.717, 1.165) is 6.07 Å². The summed E-state index contributed by atoms with van der Waals surface area (Å²) in [4.78, 5) is 0. The molecular weight excluding hydrogens is 358 g/mol. The Morgan fingerprint density at radius 3 is 2.04 bits per heavy atom. The van der Waals surface area contributed by atoms with E-state index >= 15 is 0 Å². The Balaban J connectivity index is 2.47. The van der Waals surface area contributed by atoms with E-state index in [4.69, 9.17) is 4.74 Å². The normalized spacial score (nSPS) is 22.4. The van der Waals surface area contributed by atoms with Crippen molar-refractivity contribution in [2.75, 3.05) is 0 Å². The predicted molar refractivity (Wildman–Crippen MR) is 84.9 cm³/mol. The summed E-state index contributed by atoms with van der Waals surface area (Å²) >= 11 is 0. The number of fused-ring (bicyclic) bond motifs is 1. The molecule has 26 heavy (non-hydrogen) atoms. The molecule has 0 radical (unpaired) electrons. The number of rotatable bonds is 0. The van der Waals surface area contributed by atoms with Gasteiger partial charge in [-0.3, -0.25) is 0 Å². The molecule has 0 spiro atoms. The summed E-state index contributed by atoms with van der Waals surface area (Å²) in [6.07, 6.45) is -10.2. The van der Waals surface area contributed by atoms with Crippen LogP contribution in [0.15, 0.2) is 35.1 Å². The largest absolute Gasteiger partial charge is 0.457 e. The van der Waals surface area contributed by atoms with Crippen molar-refractivity contribution >= 4 is 0 Å². The van der Waals surface area contributed by atoms with Crippen LogP contribution in [0.1, 0.15) is 37.0 Å². The quantitative estimate of drug-likeness (QED) is 0.483. The number of halogens is 6. The van der Waals surface area contributed by atoms with Crippen LogP contribution in [-0.2, 0) is 5.41 Å². The van der Waals surface area contributed by atoms with Gasteiger partial charge < -0.3 is 4.74 Å². The second kappa shape index (κ2) is 5.54. The minimum Gasteiger partial charge on any atom is -0.457 e. The molecule has 1 unspecified atom stereocenters. The van der Waals surface area contributed by atoms with E-state index in [0.29, 0.717) is 16.7 Å². The van der Waals surface area contributed by atoms with Crippen LogP contribution in [0.25, 0.3) is 0 Å². The zero-order valence-corrected chi connectivity index (χ0v) is 14.7. The molecule has 1 aromatic rings. The van der Waals surface area contributed by atoms with Crippen LogP contribution < -0.4 is 4.74 Å². The van der Waals surface area contributed by atoms with Gasteiger partial charge >= 0.3 is 12.4 Å². The Bertz CT molecular complexity index is 812. The van der Waals surface area contributed by atoms with Gasteiger partial charge in [-0.1, -0.05) is 18.6 Å². The van der Waals surface area contributed by atoms with Crippen LogP contribution in [0.3, 0.4) is 0 Å². The second-order valence-electron chi connectivity index (χ2n) is 7.12. The molecule has 7 heteroatoms. The van der Waals surface area contributed by atoms with Crippen molar-refractivity contribution in [3.05, 3.63) is 51.8 Å². The van der Waals surface area contributed by atoms with Crippen molar-refractivity contribution in [2.45, 2.75) is 51.9 Å². The van der Waals surface area contributed by atoms with Crippen LogP contribution in [-0.4, -0.2) is 12.4 Å². The highest BCUT2D eigenvalue weighted by molar-refractivity contribution is 5.59. The summed E-state index contributed by atoms with van der Waals surface area (Å²) in [6, 6.07) is 2.22. The van der Waals surface area contributed by atoms with E-state index < -0.39 is 34.8 Å². The van der Waals surface area contributed by atoms with Crippen LogP contribution in [0.5, 0.6) is 5.75 Å². The van der Waals surface area contributed by atoms with E-state index in [9.17, 15) is 26.3 Å². The summed E-state index contributed by atoms with van der Waals surface area (Å²) in [6.45, 7) is 6.40. The second-order valence-corrected chi connectivity index (χ2v) is 7.12. The summed E-state index contributed by atoms with van der Waals surface area (Å²) in [5, 5.41) is 0. The topological polar surface area (TPSA) is 9.23 Å². The molecule has 0 N–H and O–H groups in total. The lowest BCUT2D eigenvalue weighted by Gasteiger charge is -2.45. The lowest BCUT2D eigenvalue weighted by molar-refractivity contribution is -0.292. The maximum atomic E-state index is 14.2. The van der Waals surface area contributed by atoms with Crippen molar-refractivity contribution in [3.63, 3.8) is 0 Å². The third kappa shape index (κ3) is 2.39. The summed E-state index contributed by atoms with van der Waals surface area (Å²) in [7, 11) is 0. The molecule has 0 saturated carbocycles. The first-order valence-electron chi connectivity index (χ1n) is 8.15. The third-order valence-corrected chi connectivity index (χ3v) is 5.47. The smallest absolute Gasteiger partial charge is 0.411 e. The Morgan fingerprint density at radius 1 is 0.962 bits per heavy atom. The average molecular weight is 376 g/mol. The summed E-state index contributed by atoms with van der Waals surface area (Å²) in [5.41, 5.74) is -4.09. The van der Waals surface area contributed by atoms with Crippen molar-refractivity contribution < 1.29 is 31.1 Å². The molecule has 1 nitrogen and oxygen atoms in total. The van der Waals surface area contributed by atoms with Crippen molar-refractivity contribution in [1.29, 1.82) is 0 Å². The first-order chi connectivity index (χ1) is 11.8. The molecule has 1 heterocycles. The maximum absolute atomic E-state index is 14.2. The first kappa shape index (κ1) is 18.9. The molecule has 0 bridgehead atoms. The van der Waals surface area contributed by atoms with Crippen LogP contribution >= 0.6 is 0 Å². The molecular formula is C19H18F6O. The number of alkyl halides is 6. The molecule has 3 rings (SSSR count). The number of allylic oxidation sites excluding steroid dienone is 3. The van der Waals surface area contributed by atoms with Gasteiger partial charge in [0.2, 0.25) is 5.41 Å². The van der Waals surface area contributed by atoms with Gasteiger partial charge in [0.15, 0.2) is 0 Å².